The van der Waals surface area contributed by atoms with Crippen molar-refractivity contribution in [3.05, 3.63) is 35.1 Å². The Morgan fingerprint density at radius 2 is 2.08 bits per heavy atom. The molecular weight excluding hydrogens is 364 g/mol. The molecule has 4 aromatic rings. The summed E-state index contributed by atoms with van der Waals surface area (Å²) in [5.74, 6) is 2.26. The van der Waals surface area contributed by atoms with Crippen LogP contribution in [0.4, 0.5) is 0 Å². The molecule has 1 aromatic carbocycles. The topological polar surface area (TPSA) is 78.1 Å². The summed E-state index contributed by atoms with van der Waals surface area (Å²) in [5.41, 5.74) is 1.00. The van der Waals surface area contributed by atoms with Gasteiger partial charge < -0.3 is 4.74 Å². The molecule has 24 heavy (non-hydrogen) atoms. The Bertz CT molecular complexity index is 991. The quantitative estimate of drug-likeness (QED) is 0.494. The van der Waals surface area contributed by atoms with E-state index in [9.17, 15) is 0 Å². The molecule has 0 atom stereocenters. The lowest BCUT2D eigenvalue weighted by molar-refractivity contribution is 0.415. The summed E-state index contributed by atoms with van der Waals surface area (Å²) < 4.78 is 7.99. The maximum absolute atomic E-state index is 5.27. The van der Waals surface area contributed by atoms with Crippen molar-refractivity contribution in [2.75, 3.05) is 7.11 Å². The highest BCUT2D eigenvalue weighted by Crippen LogP contribution is 2.30. The summed E-state index contributed by atoms with van der Waals surface area (Å²) in [4.78, 5) is 0.775. The zero-order valence-electron chi connectivity index (χ0n) is 12.8. The molecule has 0 amide bonds. The Morgan fingerprint density at radius 3 is 2.88 bits per heavy atom. The second-order valence-corrected chi connectivity index (χ2v) is 8.19. The monoisotopic (exact) mass is 376 g/mol. The fourth-order valence-electron chi connectivity index (χ4n) is 2.08. The molecule has 0 aliphatic carbocycles. The molecule has 0 saturated heterocycles. The largest absolute Gasteiger partial charge is 0.497 e. The van der Waals surface area contributed by atoms with Crippen molar-refractivity contribution in [2.45, 2.75) is 17.0 Å². The van der Waals surface area contributed by atoms with Crippen LogP contribution in [0.25, 0.3) is 15.5 Å². The van der Waals surface area contributed by atoms with Crippen LogP contribution >= 0.6 is 34.4 Å². The lowest BCUT2D eigenvalue weighted by atomic mass is 10.2. The molecule has 0 aliphatic heterocycles. The van der Waals surface area contributed by atoms with Gasteiger partial charge in [0.2, 0.25) is 4.96 Å². The van der Waals surface area contributed by atoms with Gasteiger partial charge in [0, 0.05) is 5.56 Å². The van der Waals surface area contributed by atoms with Crippen molar-refractivity contribution in [2.24, 2.45) is 0 Å². The molecular formula is C14H12N6OS3. The van der Waals surface area contributed by atoms with E-state index in [-0.39, 0.29) is 0 Å². The van der Waals surface area contributed by atoms with Gasteiger partial charge in [0.25, 0.3) is 0 Å². The minimum atomic E-state index is 0.650. The Kier molecular flexibility index (Phi) is 4.17. The van der Waals surface area contributed by atoms with E-state index in [1.165, 1.54) is 11.3 Å². The third kappa shape index (κ3) is 2.99. The molecule has 0 N–H and O–H groups in total. The fourth-order valence-corrected chi connectivity index (χ4v) is 4.66. The zero-order valence-corrected chi connectivity index (χ0v) is 15.3. The number of rotatable bonds is 5. The van der Waals surface area contributed by atoms with Crippen molar-refractivity contribution in [1.29, 1.82) is 0 Å². The van der Waals surface area contributed by atoms with E-state index >= 15 is 0 Å². The molecule has 7 nitrogen and oxygen atoms in total. The molecule has 0 radical (unpaired) electrons. The van der Waals surface area contributed by atoms with Crippen LogP contribution in [0.2, 0.25) is 0 Å². The standard InChI is InChI=1S/C14H12N6OS3/c1-8-15-18-14(23-8)22-7-11-16-17-13-20(11)19-12(24-13)9-4-3-5-10(6-9)21-2/h3-6H,7H2,1-2H3. The fraction of sp³-hybridized carbons (Fsp3) is 0.214. The first-order valence-electron chi connectivity index (χ1n) is 7.01. The molecule has 0 unspecified atom stereocenters. The predicted molar refractivity (Wildman–Crippen MR) is 94.9 cm³/mol. The maximum atomic E-state index is 5.27. The summed E-state index contributed by atoms with van der Waals surface area (Å²) in [6.07, 6.45) is 0. The van der Waals surface area contributed by atoms with E-state index < -0.39 is 0 Å². The molecule has 3 aromatic heterocycles. The summed E-state index contributed by atoms with van der Waals surface area (Å²) in [6.45, 7) is 1.94. The number of nitrogens with zero attached hydrogens (tertiary/aromatic N) is 6. The van der Waals surface area contributed by atoms with E-state index in [1.807, 2.05) is 31.2 Å². The van der Waals surface area contributed by atoms with Crippen LogP contribution in [-0.2, 0) is 5.75 Å². The van der Waals surface area contributed by atoms with Crippen LogP contribution < -0.4 is 4.74 Å². The number of ether oxygens (including phenoxy) is 1. The summed E-state index contributed by atoms with van der Waals surface area (Å²) in [7, 11) is 1.65. The molecule has 122 valence electrons. The second-order valence-electron chi connectivity index (χ2n) is 4.83. The summed E-state index contributed by atoms with van der Waals surface area (Å²) in [5, 5.41) is 23.0. The number of aromatic nitrogens is 6. The molecule has 0 saturated carbocycles. The van der Waals surface area contributed by atoms with Gasteiger partial charge in [-0.1, -0.05) is 46.6 Å². The normalized spacial score (nSPS) is 11.2. The van der Waals surface area contributed by atoms with Crippen molar-refractivity contribution in [3.8, 4) is 16.3 Å². The Hall–Kier alpha value is -2.04. The van der Waals surface area contributed by atoms with Gasteiger partial charge in [-0.05, 0) is 19.1 Å². The molecule has 0 bridgehead atoms. The minimum absolute atomic E-state index is 0.650. The minimum Gasteiger partial charge on any atom is -0.497 e. The van der Waals surface area contributed by atoms with E-state index in [0.29, 0.717) is 5.75 Å². The Labute approximate surface area is 149 Å². The van der Waals surface area contributed by atoms with E-state index in [0.717, 1.165) is 36.5 Å². The van der Waals surface area contributed by atoms with Crippen molar-refractivity contribution < 1.29 is 4.74 Å². The van der Waals surface area contributed by atoms with Crippen LogP contribution in [0.3, 0.4) is 0 Å². The third-order valence-electron chi connectivity index (χ3n) is 3.20. The molecule has 4 rings (SSSR count). The number of hydrogen-bond acceptors (Lipinski definition) is 9. The maximum Gasteiger partial charge on any atom is 0.235 e. The van der Waals surface area contributed by atoms with Crippen LogP contribution in [0.5, 0.6) is 5.75 Å². The van der Waals surface area contributed by atoms with Crippen LogP contribution in [0, 0.1) is 6.92 Å². The van der Waals surface area contributed by atoms with Crippen LogP contribution in [-0.4, -0.2) is 37.1 Å². The van der Waals surface area contributed by atoms with Gasteiger partial charge in [-0.2, -0.15) is 9.61 Å². The van der Waals surface area contributed by atoms with Gasteiger partial charge in [-0.25, -0.2) is 0 Å². The highest BCUT2D eigenvalue weighted by atomic mass is 32.2. The van der Waals surface area contributed by atoms with Gasteiger partial charge in [0.05, 0.1) is 12.9 Å². The van der Waals surface area contributed by atoms with Gasteiger partial charge in [-0.15, -0.1) is 20.4 Å². The molecule has 0 spiro atoms. The number of benzene rings is 1. The van der Waals surface area contributed by atoms with Crippen LogP contribution in [0.1, 0.15) is 10.8 Å². The van der Waals surface area contributed by atoms with Crippen LogP contribution in [0.15, 0.2) is 28.6 Å². The lowest BCUT2D eigenvalue weighted by Crippen LogP contribution is -1.94. The number of thioether (sulfide) groups is 1. The average Bonchev–Trinajstić information content (AvgIpc) is 3.29. The second kappa shape index (κ2) is 6.46. The van der Waals surface area contributed by atoms with Gasteiger partial charge in [0.1, 0.15) is 15.8 Å². The Morgan fingerprint density at radius 1 is 1.17 bits per heavy atom. The highest BCUT2D eigenvalue weighted by Gasteiger charge is 2.14. The smallest absolute Gasteiger partial charge is 0.235 e. The summed E-state index contributed by atoms with van der Waals surface area (Å²) >= 11 is 4.67. The number of aryl methyl sites for hydroxylation is 1. The molecule has 0 aliphatic rings. The molecule has 3 heterocycles. The average molecular weight is 376 g/mol. The van der Waals surface area contributed by atoms with Crippen molar-refractivity contribution in [1.82, 2.24) is 30.0 Å². The zero-order chi connectivity index (χ0) is 16.5. The molecule has 10 heteroatoms. The van der Waals surface area contributed by atoms with Gasteiger partial charge in [0.15, 0.2) is 10.2 Å². The Balaban J connectivity index is 1.60. The number of methoxy groups -OCH3 is 1. The third-order valence-corrected chi connectivity index (χ3v) is 6.12. The lowest BCUT2D eigenvalue weighted by Gasteiger charge is -2.00. The van der Waals surface area contributed by atoms with Crippen molar-refractivity contribution in [3.63, 3.8) is 0 Å². The van der Waals surface area contributed by atoms with E-state index in [2.05, 4.69) is 25.5 Å². The molecule has 0 fully saturated rings. The first-order valence-corrected chi connectivity index (χ1v) is 9.63. The van der Waals surface area contributed by atoms with Gasteiger partial charge in [-0.3, -0.25) is 0 Å². The van der Waals surface area contributed by atoms with Crippen molar-refractivity contribution >= 4 is 39.4 Å². The number of hydrogen-bond donors (Lipinski definition) is 0. The number of fused-ring (bicyclic) bond motifs is 1. The SMILES string of the molecule is COc1cccc(-c2nn3c(CSc4nnc(C)s4)nnc3s2)c1. The van der Waals surface area contributed by atoms with Gasteiger partial charge >= 0.3 is 0 Å². The van der Waals surface area contributed by atoms with E-state index in [4.69, 9.17) is 4.74 Å². The highest BCUT2D eigenvalue weighted by molar-refractivity contribution is 8.00. The first kappa shape index (κ1) is 15.5. The summed E-state index contributed by atoms with van der Waals surface area (Å²) in [6, 6.07) is 7.83. The van der Waals surface area contributed by atoms with E-state index in [1.54, 1.807) is 34.7 Å². The predicted octanol–water partition coefficient (Wildman–Crippen LogP) is 3.31. The first-order chi connectivity index (χ1) is 11.7.